The van der Waals surface area contributed by atoms with Gasteiger partial charge in [0.2, 0.25) is 5.76 Å². The molecule has 0 spiro atoms. The Morgan fingerprint density at radius 1 is 1.14 bits per heavy atom. The highest BCUT2D eigenvalue weighted by atomic mass is 16.5. The average molecular weight is 295 g/mol. The molecule has 112 valence electrons. The Morgan fingerprint density at radius 3 is 2.82 bits per heavy atom. The van der Waals surface area contributed by atoms with Crippen LogP contribution in [0.25, 0.3) is 11.7 Å². The molecule has 0 aliphatic heterocycles. The van der Waals surface area contributed by atoms with Crippen LogP contribution in [0.5, 0.6) is 0 Å². The second-order valence-electron chi connectivity index (χ2n) is 5.75. The van der Waals surface area contributed by atoms with Gasteiger partial charge in [-0.3, -0.25) is 0 Å². The van der Waals surface area contributed by atoms with Crippen LogP contribution in [0.1, 0.15) is 47.3 Å². The minimum Gasteiger partial charge on any atom is -0.436 e. The number of nitrogens with zero attached hydrogens (tertiary/aromatic N) is 3. The van der Waals surface area contributed by atoms with E-state index in [0.29, 0.717) is 17.5 Å². The zero-order valence-electron chi connectivity index (χ0n) is 12.7. The van der Waals surface area contributed by atoms with Gasteiger partial charge in [-0.15, -0.1) is 0 Å². The molecule has 0 N–H and O–H groups in total. The number of aromatic nitrogens is 3. The molecule has 22 heavy (non-hydrogen) atoms. The van der Waals surface area contributed by atoms with Crippen molar-refractivity contribution in [2.24, 2.45) is 0 Å². The highest BCUT2D eigenvalue weighted by Crippen LogP contribution is 2.36. The van der Waals surface area contributed by atoms with Crippen molar-refractivity contribution in [1.29, 1.82) is 0 Å². The number of hydrogen-bond donors (Lipinski definition) is 0. The molecule has 1 unspecified atom stereocenters. The standard InChI is InChI=1S/C17H17N3O2/c1-10-15(21-11(2)18-10)17-19-16(20-22-17)14-9-5-7-12-6-3-4-8-13(12)14/h3-4,6,8,14H,5,7,9H2,1-2H3. The van der Waals surface area contributed by atoms with Gasteiger partial charge in [-0.2, -0.15) is 4.98 Å². The summed E-state index contributed by atoms with van der Waals surface area (Å²) in [7, 11) is 0. The second-order valence-corrected chi connectivity index (χ2v) is 5.75. The summed E-state index contributed by atoms with van der Waals surface area (Å²) in [5.41, 5.74) is 3.47. The highest BCUT2D eigenvalue weighted by Gasteiger charge is 2.27. The lowest BCUT2D eigenvalue weighted by molar-refractivity contribution is 0.400. The molecule has 5 heteroatoms. The molecule has 2 aromatic heterocycles. The molecule has 2 heterocycles. The largest absolute Gasteiger partial charge is 0.436 e. The minimum absolute atomic E-state index is 0.201. The molecule has 1 aromatic carbocycles. The summed E-state index contributed by atoms with van der Waals surface area (Å²) >= 11 is 0. The summed E-state index contributed by atoms with van der Waals surface area (Å²) in [5.74, 6) is 2.52. The van der Waals surface area contributed by atoms with Gasteiger partial charge >= 0.3 is 0 Å². The Kier molecular flexibility index (Phi) is 3.06. The van der Waals surface area contributed by atoms with E-state index in [-0.39, 0.29) is 5.92 Å². The zero-order chi connectivity index (χ0) is 15.1. The van der Waals surface area contributed by atoms with Crippen molar-refractivity contribution >= 4 is 0 Å². The summed E-state index contributed by atoms with van der Waals surface area (Å²) in [4.78, 5) is 8.82. The van der Waals surface area contributed by atoms with E-state index in [1.54, 1.807) is 0 Å². The van der Waals surface area contributed by atoms with E-state index in [0.717, 1.165) is 30.8 Å². The van der Waals surface area contributed by atoms with E-state index in [1.165, 1.54) is 11.1 Å². The summed E-state index contributed by atoms with van der Waals surface area (Å²) in [5, 5.41) is 4.19. The quantitative estimate of drug-likeness (QED) is 0.719. The Balaban J connectivity index is 1.72. The van der Waals surface area contributed by atoms with E-state index in [1.807, 2.05) is 13.8 Å². The molecule has 0 saturated carbocycles. The summed E-state index contributed by atoms with van der Waals surface area (Å²) in [6.07, 6.45) is 3.31. The average Bonchev–Trinajstić information content (AvgIpc) is 3.13. The molecule has 4 rings (SSSR count). The molecule has 0 saturated heterocycles. The van der Waals surface area contributed by atoms with Gasteiger partial charge in [0.15, 0.2) is 11.7 Å². The van der Waals surface area contributed by atoms with Crippen LogP contribution in [-0.4, -0.2) is 15.1 Å². The van der Waals surface area contributed by atoms with E-state index < -0.39 is 0 Å². The van der Waals surface area contributed by atoms with Crippen molar-refractivity contribution in [2.75, 3.05) is 0 Å². The molecule has 0 amide bonds. The molecule has 5 nitrogen and oxygen atoms in total. The smallest absolute Gasteiger partial charge is 0.295 e. The molecule has 1 aliphatic rings. The fourth-order valence-electron chi connectivity index (χ4n) is 3.22. The van der Waals surface area contributed by atoms with Crippen molar-refractivity contribution < 1.29 is 8.94 Å². The Morgan fingerprint density at radius 2 is 2.00 bits per heavy atom. The number of benzene rings is 1. The van der Waals surface area contributed by atoms with Gasteiger partial charge in [-0.25, -0.2) is 4.98 Å². The topological polar surface area (TPSA) is 65.0 Å². The number of aryl methyl sites for hydroxylation is 3. The first kappa shape index (κ1) is 13.2. The molecule has 1 atom stereocenters. The lowest BCUT2D eigenvalue weighted by Crippen LogP contribution is -2.12. The van der Waals surface area contributed by atoms with Gasteiger partial charge in [0.1, 0.15) is 0 Å². The number of rotatable bonds is 2. The predicted molar refractivity (Wildman–Crippen MR) is 80.5 cm³/mol. The van der Waals surface area contributed by atoms with Gasteiger partial charge < -0.3 is 8.94 Å². The van der Waals surface area contributed by atoms with Crippen molar-refractivity contribution in [1.82, 2.24) is 15.1 Å². The number of fused-ring (bicyclic) bond motifs is 1. The van der Waals surface area contributed by atoms with Crippen molar-refractivity contribution in [2.45, 2.75) is 39.0 Å². The summed E-state index contributed by atoms with van der Waals surface area (Å²) in [6, 6.07) is 8.51. The maximum atomic E-state index is 5.56. The fourth-order valence-corrected chi connectivity index (χ4v) is 3.22. The monoisotopic (exact) mass is 295 g/mol. The third-order valence-electron chi connectivity index (χ3n) is 4.22. The van der Waals surface area contributed by atoms with Gasteiger partial charge in [0, 0.05) is 12.8 Å². The first-order valence-corrected chi connectivity index (χ1v) is 7.58. The normalized spacial score (nSPS) is 17.5. The van der Waals surface area contributed by atoms with Gasteiger partial charge in [0.05, 0.1) is 5.69 Å². The zero-order valence-corrected chi connectivity index (χ0v) is 12.7. The first-order chi connectivity index (χ1) is 10.7. The molecular weight excluding hydrogens is 278 g/mol. The van der Waals surface area contributed by atoms with Crippen LogP contribution >= 0.6 is 0 Å². The third-order valence-corrected chi connectivity index (χ3v) is 4.22. The third kappa shape index (κ3) is 2.13. The van der Waals surface area contributed by atoms with Gasteiger partial charge in [-0.1, -0.05) is 29.4 Å². The number of oxazole rings is 1. The SMILES string of the molecule is Cc1nc(C)c(-c2nc(C3CCCc4ccccc43)no2)o1. The van der Waals surface area contributed by atoms with E-state index >= 15 is 0 Å². The second kappa shape index (κ2) is 5.09. The Labute approximate surface area is 128 Å². The molecule has 3 aromatic rings. The van der Waals surface area contributed by atoms with Crippen molar-refractivity contribution in [3.63, 3.8) is 0 Å². The molecule has 0 bridgehead atoms. The highest BCUT2D eigenvalue weighted by molar-refractivity contribution is 5.48. The van der Waals surface area contributed by atoms with Crippen LogP contribution < -0.4 is 0 Å². The maximum Gasteiger partial charge on any atom is 0.295 e. The van der Waals surface area contributed by atoms with Crippen LogP contribution in [0.15, 0.2) is 33.2 Å². The van der Waals surface area contributed by atoms with Gasteiger partial charge in [-0.05, 0) is 37.3 Å². The van der Waals surface area contributed by atoms with Crippen LogP contribution in [0, 0.1) is 13.8 Å². The Bertz CT molecular complexity index is 819. The van der Waals surface area contributed by atoms with Crippen molar-refractivity contribution in [3.05, 3.63) is 52.8 Å². The van der Waals surface area contributed by atoms with Crippen LogP contribution in [-0.2, 0) is 6.42 Å². The molecule has 0 radical (unpaired) electrons. The van der Waals surface area contributed by atoms with Gasteiger partial charge in [0.25, 0.3) is 5.89 Å². The lowest BCUT2D eigenvalue weighted by atomic mass is 9.82. The van der Waals surface area contributed by atoms with Crippen LogP contribution in [0.3, 0.4) is 0 Å². The summed E-state index contributed by atoms with van der Waals surface area (Å²) in [6.45, 7) is 3.69. The molecular formula is C17H17N3O2. The lowest BCUT2D eigenvalue weighted by Gasteiger charge is -2.22. The Hall–Kier alpha value is -2.43. The predicted octanol–water partition coefficient (Wildman–Crippen LogP) is 3.81. The van der Waals surface area contributed by atoms with E-state index in [9.17, 15) is 0 Å². The van der Waals surface area contributed by atoms with Crippen LogP contribution in [0.4, 0.5) is 0 Å². The molecule has 1 aliphatic carbocycles. The van der Waals surface area contributed by atoms with E-state index in [2.05, 4.69) is 39.4 Å². The number of hydrogen-bond acceptors (Lipinski definition) is 5. The minimum atomic E-state index is 0.201. The summed E-state index contributed by atoms with van der Waals surface area (Å²) < 4.78 is 11.0. The van der Waals surface area contributed by atoms with Crippen molar-refractivity contribution in [3.8, 4) is 11.7 Å². The van der Waals surface area contributed by atoms with E-state index in [4.69, 9.17) is 8.94 Å². The maximum absolute atomic E-state index is 5.56. The molecule has 0 fully saturated rings. The fraction of sp³-hybridized carbons (Fsp3) is 0.353. The first-order valence-electron chi connectivity index (χ1n) is 7.58. The van der Waals surface area contributed by atoms with Crippen LogP contribution in [0.2, 0.25) is 0 Å².